The third-order valence-electron chi connectivity index (χ3n) is 2.36. The van der Waals surface area contributed by atoms with E-state index in [9.17, 15) is 0 Å². The van der Waals surface area contributed by atoms with Crippen molar-refractivity contribution in [2.45, 2.75) is 25.0 Å². The highest BCUT2D eigenvalue weighted by atomic mass is 16.6. The van der Waals surface area contributed by atoms with Crippen LogP contribution in [0.15, 0.2) is 30.3 Å². The van der Waals surface area contributed by atoms with E-state index in [0.29, 0.717) is 0 Å². The van der Waals surface area contributed by atoms with E-state index < -0.39 is 0 Å². The Labute approximate surface area is 89.9 Å². The van der Waals surface area contributed by atoms with Gasteiger partial charge >= 0.3 is 0 Å². The zero-order chi connectivity index (χ0) is 10.5. The molecule has 0 saturated carbocycles. The lowest BCUT2D eigenvalue weighted by atomic mass is 10.2. The van der Waals surface area contributed by atoms with Crippen LogP contribution < -0.4 is 0 Å². The Morgan fingerprint density at radius 1 is 1.27 bits per heavy atom. The first kappa shape index (κ1) is 10.2. The summed E-state index contributed by atoms with van der Waals surface area (Å²) in [7, 11) is 0. The molecule has 2 nitrogen and oxygen atoms in total. The molecule has 0 amide bonds. The van der Waals surface area contributed by atoms with Gasteiger partial charge in [-0.2, -0.15) is 0 Å². The SMILES string of the molecule is OCCC[C@H]1O[C@@H]1C#Cc1ccccc1. The van der Waals surface area contributed by atoms with E-state index in [1.54, 1.807) is 0 Å². The molecule has 2 atom stereocenters. The lowest BCUT2D eigenvalue weighted by molar-refractivity contribution is 0.273. The molecule has 0 bridgehead atoms. The molecule has 1 aliphatic heterocycles. The average molecular weight is 202 g/mol. The lowest BCUT2D eigenvalue weighted by Gasteiger charge is -1.88. The van der Waals surface area contributed by atoms with Crippen LogP contribution in [0.1, 0.15) is 18.4 Å². The van der Waals surface area contributed by atoms with Gasteiger partial charge in [-0.3, -0.25) is 0 Å². The summed E-state index contributed by atoms with van der Waals surface area (Å²) in [5, 5.41) is 8.65. The van der Waals surface area contributed by atoms with Crippen LogP contribution in [-0.4, -0.2) is 23.9 Å². The fourth-order valence-corrected chi connectivity index (χ4v) is 1.46. The maximum absolute atomic E-state index is 8.65. The Morgan fingerprint density at radius 3 is 2.80 bits per heavy atom. The highest BCUT2D eigenvalue weighted by molar-refractivity contribution is 5.35. The molecule has 0 unspecified atom stereocenters. The first-order chi connectivity index (χ1) is 7.40. The summed E-state index contributed by atoms with van der Waals surface area (Å²) in [6.45, 7) is 0.235. The third-order valence-corrected chi connectivity index (χ3v) is 2.36. The van der Waals surface area contributed by atoms with Crippen LogP contribution in [0.2, 0.25) is 0 Å². The van der Waals surface area contributed by atoms with Crippen LogP contribution in [0.3, 0.4) is 0 Å². The summed E-state index contributed by atoms with van der Waals surface area (Å²) in [6, 6.07) is 9.89. The molecular formula is C13H14O2. The van der Waals surface area contributed by atoms with Gasteiger partial charge in [0.15, 0.2) is 0 Å². The molecule has 0 aliphatic carbocycles. The zero-order valence-electron chi connectivity index (χ0n) is 8.52. The number of benzene rings is 1. The van der Waals surface area contributed by atoms with Gasteiger partial charge in [0, 0.05) is 12.2 Å². The van der Waals surface area contributed by atoms with Crippen LogP contribution >= 0.6 is 0 Å². The molecule has 1 aromatic carbocycles. The molecule has 1 aliphatic rings. The van der Waals surface area contributed by atoms with Gasteiger partial charge in [0.25, 0.3) is 0 Å². The van der Waals surface area contributed by atoms with Gasteiger partial charge < -0.3 is 9.84 Å². The summed E-state index contributed by atoms with van der Waals surface area (Å²) in [5.74, 6) is 6.15. The van der Waals surface area contributed by atoms with Gasteiger partial charge in [0.2, 0.25) is 0 Å². The van der Waals surface area contributed by atoms with Crippen molar-refractivity contribution in [3.63, 3.8) is 0 Å². The monoisotopic (exact) mass is 202 g/mol. The Balaban J connectivity index is 1.82. The van der Waals surface area contributed by atoms with Gasteiger partial charge in [-0.05, 0) is 25.0 Å². The smallest absolute Gasteiger partial charge is 0.145 e. The quantitative estimate of drug-likeness (QED) is 0.596. The molecule has 1 aromatic rings. The minimum Gasteiger partial charge on any atom is -0.396 e. The molecule has 0 spiro atoms. The first-order valence-electron chi connectivity index (χ1n) is 5.23. The third kappa shape index (κ3) is 3.09. The molecule has 1 heterocycles. The van der Waals surface area contributed by atoms with E-state index in [4.69, 9.17) is 9.84 Å². The molecule has 1 saturated heterocycles. The van der Waals surface area contributed by atoms with Crippen molar-refractivity contribution in [2.75, 3.05) is 6.61 Å². The Hall–Kier alpha value is -1.30. The number of ether oxygens (including phenoxy) is 1. The molecular weight excluding hydrogens is 188 g/mol. The van der Waals surface area contributed by atoms with E-state index in [2.05, 4.69) is 11.8 Å². The largest absolute Gasteiger partial charge is 0.396 e. The lowest BCUT2D eigenvalue weighted by Crippen LogP contribution is -1.93. The number of aliphatic hydroxyl groups excluding tert-OH is 1. The summed E-state index contributed by atoms with van der Waals surface area (Å²) in [5.41, 5.74) is 1.02. The standard InChI is InChI=1S/C13H14O2/c14-10-4-7-12-13(15-12)9-8-11-5-2-1-3-6-11/h1-3,5-6,12-14H,4,7,10H2/t12-,13-/m1/s1. The second kappa shape index (κ2) is 4.97. The molecule has 2 rings (SSSR count). The van der Waals surface area contributed by atoms with Gasteiger partial charge in [-0.15, -0.1) is 0 Å². The topological polar surface area (TPSA) is 32.8 Å². The number of hydrogen-bond acceptors (Lipinski definition) is 2. The number of rotatable bonds is 3. The van der Waals surface area contributed by atoms with Crippen LogP contribution in [0.5, 0.6) is 0 Å². The van der Waals surface area contributed by atoms with Crippen molar-refractivity contribution in [1.82, 2.24) is 0 Å². The van der Waals surface area contributed by atoms with E-state index in [0.717, 1.165) is 18.4 Å². The minimum atomic E-state index is 0.0803. The highest BCUT2D eigenvalue weighted by Crippen LogP contribution is 2.25. The number of hydrogen-bond donors (Lipinski definition) is 1. The van der Waals surface area contributed by atoms with Crippen LogP contribution in [0.4, 0.5) is 0 Å². The first-order valence-corrected chi connectivity index (χ1v) is 5.23. The van der Waals surface area contributed by atoms with Crippen LogP contribution in [-0.2, 0) is 4.74 Å². The fraction of sp³-hybridized carbons (Fsp3) is 0.385. The maximum atomic E-state index is 8.65. The predicted octanol–water partition coefficient (Wildman–Crippen LogP) is 1.58. The van der Waals surface area contributed by atoms with Crippen molar-refractivity contribution in [3.05, 3.63) is 35.9 Å². The summed E-state index contributed by atoms with van der Waals surface area (Å²) in [4.78, 5) is 0. The molecule has 15 heavy (non-hydrogen) atoms. The van der Waals surface area contributed by atoms with E-state index in [1.165, 1.54) is 0 Å². The van der Waals surface area contributed by atoms with Crippen molar-refractivity contribution in [1.29, 1.82) is 0 Å². The van der Waals surface area contributed by atoms with Crippen molar-refractivity contribution < 1.29 is 9.84 Å². The van der Waals surface area contributed by atoms with Crippen molar-refractivity contribution >= 4 is 0 Å². The average Bonchev–Trinajstić information content (AvgIpc) is 3.04. The Morgan fingerprint density at radius 2 is 2.07 bits per heavy atom. The second-order valence-corrected chi connectivity index (χ2v) is 3.60. The summed E-state index contributed by atoms with van der Waals surface area (Å²) >= 11 is 0. The predicted molar refractivity (Wildman–Crippen MR) is 58.3 cm³/mol. The Bertz CT molecular complexity index is 361. The van der Waals surface area contributed by atoms with Gasteiger partial charge in [-0.1, -0.05) is 30.0 Å². The van der Waals surface area contributed by atoms with Crippen LogP contribution in [0.25, 0.3) is 0 Å². The van der Waals surface area contributed by atoms with Gasteiger partial charge in [0.1, 0.15) is 6.10 Å². The van der Waals surface area contributed by atoms with Gasteiger partial charge in [0.05, 0.1) is 6.10 Å². The molecule has 78 valence electrons. The molecule has 1 fully saturated rings. The minimum absolute atomic E-state index is 0.0803. The highest BCUT2D eigenvalue weighted by Gasteiger charge is 2.36. The molecule has 0 radical (unpaired) electrons. The number of epoxide rings is 1. The van der Waals surface area contributed by atoms with Crippen LogP contribution in [0, 0.1) is 11.8 Å². The zero-order valence-corrected chi connectivity index (χ0v) is 8.52. The van der Waals surface area contributed by atoms with Gasteiger partial charge in [-0.25, -0.2) is 0 Å². The summed E-state index contributed by atoms with van der Waals surface area (Å²) < 4.78 is 5.36. The maximum Gasteiger partial charge on any atom is 0.145 e. The molecule has 0 aromatic heterocycles. The Kier molecular flexibility index (Phi) is 3.39. The fourth-order valence-electron chi connectivity index (χ4n) is 1.46. The normalized spacial score (nSPS) is 23.0. The number of aliphatic hydroxyl groups is 1. The van der Waals surface area contributed by atoms with E-state index >= 15 is 0 Å². The van der Waals surface area contributed by atoms with E-state index in [1.807, 2.05) is 30.3 Å². The summed E-state index contributed by atoms with van der Waals surface area (Å²) in [6.07, 6.45) is 2.03. The van der Waals surface area contributed by atoms with E-state index in [-0.39, 0.29) is 18.8 Å². The second-order valence-electron chi connectivity index (χ2n) is 3.60. The van der Waals surface area contributed by atoms with Crippen molar-refractivity contribution in [3.8, 4) is 11.8 Å². The molecule has 2 heteroatoms. The van der Waals surface area contributed by atoms with Crippen molar-refractivity contribution in [2.24, 2.45) is 0 Å². The molecule has 1 N–H and O–H groups in total.